The summed E-state index contributed by atoms with van der Waals surface area (Å²) >= 11 is 13.3. The monoisotopic (exact) mass is 362 g/mol. The minimum absolute atomic E-state index is 0.0948. The molecule has 1 fully saturated rings. The van der Waals surface area contributed by atoms with E-state index in [-0.39, 0.29) is 5.91 Å². The molecule has 0 N–H and O–H groups in total. The highest BCUT2D eigenvalue weighted by atomic mass is 35.5. The van der Waals surface area contributed by atoms with Crippen LogP contribution in [0.15, 0.2) is 58.4 Å². The van der Waals surface area contributed by atoms with Crippen molar-refractivity contribution in [1.29, 1.82) is 0 Å². The summed E-state index contributed by atoms with van der Waals surface area (Å²) in [4.78, 5) is 19.0. The number of rotatable bonds is 2. The van der Waals surface area contributed by atoms with Crippen LogP contribution in [0.4, 0.5) is 5.69 Å². The Kier molecular flexibility index (Phi) is 4.76. The van der Waals surface area contributed by atoms with Gasteiger partial charge in [-0.15, -0.1) is 0 Å². The number of thioether (sulfide) groups is 1. The standard InChI is InChI=1S/C17H12Cl2N2OS/c1-21-16(22)15(10-11-4-2-3-5-14(11)19)23-17(21)20-13-8-6-12(18)7-9-13/h2-10H,1H3/b15-10+,20-17?. The zero-order chi connectivity index (χ0) is 16.4. The SMILES string of the molecule is CN1C(=O)/C(=C\c2ccccc2Cl)SC1=Nc1ccc(Cl)cc1. The summed E-state index contributed by atoms with van der Waals surface area (Å²) in [6.07, 6.45) is 1.79. The van der Waals surface area contributed by atoms with E-state index in [0.717, 1.165) is 11.3 Å². The van der Waals surface area contributed by atoms with E-state index in [4.69, 9.17) is 23.2 Å². The van der Waals surface area contributed by atoms with Crippen LogP contribution in [0.5, 0.6) is 0 Å². The molecular formula is C17H12Cl2N2OS. The summed E-state index contributed by atoms with van der Waals surface area (Å²) in [5.74, 6) is -0.0948. The Hall–Kier alpha value is -1.75. The highest BCUT2D eigenvalue weighted by molar-refractivity contribution is 8.18. The Balaban J connectivity index is 1.91. The third-order valence-electron chi connectivity index (χ3n) is 3.25. The maximum absolute atomic E-state index is 12.4. The largest absolute Gasteiger partial charge is 0.290 e. The van der Waals surface area contributed by atoms with Crippen molar-refractivity contribution in [2.45, 2.75) is 0 Å². The molecule has 1 heterocycles. The minimum Gasteiger partial charge on any atom is -0.290 e. The molecule has 1 aliphatic rings. The van der Waals surface area contributed by atoms with Gasteiger partial charge in [0.2, 0.25) is 0 Å². The maximum atomic E-state index is 12.4. The van der Waals surface area contributed by atoms with Gasteiger partial charge in [-0.05, 0) is 53.7 Å². The number of halogens is 2. The van der Waals surface area contributed by atoms with E-state index in [1.165, 1.54) is 16.7 Å². The predicted octanol–water partition coefficient (Wildman–Crippen LogP) is 5.23. The zero-order valence-corrected chi connectivity index (χ0v) is 14.5. The highest BCUT2D eigenvalue weighted by Crippen LogP contribution is 2.34. The van der Waals surface area contributed by atoms with Gasteiger partial charge in [-0.1, -0.05) is 41.4 Å². The summed E-state index contributed by atoms with van der Waals surface area (Å²) in [6.45, 7) is 0. The smallest absolute Gasteiger partial charge is 0.266 e. The molecule has 0 radical (unpaired) electrons. The first-order chi connectivity index (χ1) is 11.0. The summed E-state index contributed by atoms with van der Waals surface area (Å²) in [6, 6.07) is 14.6. The fraction of sp³-hybridized carbons (Fsp3) is 0.0588. The van der Waals surface area contributed by atoms with Crippen molar-refractivity contribution in [2.75, 3.05) is 7.05 Å². The second-order valence-electron chi connectivity index (χ2n) is 4.87. The molecule has 0 bridgehead atoms. The number of hydrogen-bond acceptors (Lipinski definition) is 3. The lowest BCUT2D eigenvalue weighted by atomic mass is 10.2. The normalized spacial score (nSPS) is 18.2. The van der Waals surface area contributed by atoms with E-state index in [1.807, 2.05) is 30.3 Å². The van der Waals surface area contributed by atoms with E-state index in [1.54, 1.807) is 31.3 Å². The first-order valence-corrected chi connectivity index (χ1v) is 8.38. The summed E-state index contributed by atoms with van der Waals surface area (Å²) < 4.78 is 0. The lowest BCUT2D eigenvalue weighted by Gasteiger charge is -2.07. The summed E-state index contributed by atoms with van der Waals surface area (Å²) in [7, 11) is 1.71. The van der Waals surface area contributed by atoms with Crippen molar-refractivity contribution in [2.24, 2.45) is 4.99 Å². The Morgan fingerprint density at radius 3 is 2.48 bits per heavy atom. The quantitative estimate of drug-likeness (QED) is 0.685. The average molecular weight is 363 g/mol. The molecule has 0 saturated carbocycles. The number of aliphatic imine (C=N–C) groups is 1. The number of benzene rings is 2. The number of carbonyl (C=O) groups excluding carboxylic acids is 1. The van der Waals surface area contributed by atoms with Crippen LogP contribution in [-0.4, -0.2) is 23.0 Å². The van der Waals surface area contributed by atoms with Gasteiger partial charge >= 0.3 is 0 Å². The predicted molar refractivity (Wildman–Crippen MR) is 98.3 cm³/mol. The highest BCUT2D eigenvalue weighted by Gasteiger charge is 2.30. The molecule has 1 saturated heterocycles. The second kappa shape index (κ2) is 6.79. The number of carbonyl (C=O) groups is 1. The van der Waals surface area contributed by atoms with E-state index < -0.39 is 0 Å². The van der Waals surface area contributed by atoms with Gasteiger partial charge in [0.15, 0.2) is 5.17 Å². The van der Waals surface area contributed by atoms with Crippen LogP contribution in [0.25, 0.3) is 6.08 Å². The third-order valence-corrected chi connectivity index (χ3v) is 4.90. The number of nitrogens with zero attached hydrogens (tertiary/aromatic N) is 2. The molecule has 6 heteroatoms. The molecule has 23 heavy (non-hydrogen) atoms. The van der Waals surface area contributed by atoms with Crippen molar-refractivity contribution >= 4 is 57.8 Å². The minimum atomic E-state index is -0.0948. The number of likely N-dealkylation sites (N-methyl/N-ethyl adjacent to an activating group) is 1. The van der Waals surface area contributed by atoms with Crippen molar-refractivity contribution in [3.05, 3.63) is 69.0 Å². The van der Waals surface area contributed by atoms with Gasteiger partial charge in [0, 0.05) is 17.1 Å². The van der Waals surface area contributed by atoms with Gasteiger partial charge < -0.3 is 0 Å². The second-order valence-corrected chi connectivity index (χ2v) is 6.72. The van der Waals surface area contributed by atoms with E-state index >= 15 is 0 Å². The molecule has 3 nitrogen and oxygen atoms in total. The number of hydrogen-bond donors (Lipinski definition) is 0. The maximum Gasteiger partial charge on any atom is 0.266 e. The Morgan fingerprint density at radius 1 is 1.09 bits per heavy atom. The van der Waals surface area contributed by atoms with Gasteiger partial charge in [-0.3, -0.25) is 9.69 Å². The first kappa shape index (κ1) is 16.1. The van der Waals surface area contributed by atoms with Crippen LogP contribution >= 0.6 is 35.0 Å². The Morgan fingerprint density at radius 2 is 1.78 bits per heavy atom. The summed E-state index contributed by atoms with van der Waals surface area (Å²) in [5.41, 5.74) is 1.56. The van der Waals surface area contributed by atoms with Crippen LogP contribution in [-0.2, 0) is 4.79 Å². The van der Waals surface area contributed by atoms with Gasteiger partial charge in [0.05, 0.1) is 10.6 Å². The van der Waals surface area contributed by atoms with Crippen molar-refractivity contribution in [3.63, 3.8) is 0 Å². The van der Waals surface area contributed by atoms with Gasteiger partial charge in [0.25, 0.3) is 5.91 Å². The molecule has 2 aromatic rings. The Labute approximate surface area is 148 Å². The van der Waals surface area contributed by atoms with Crippen molar-refractivity contribution in [1.82, 2.24) is 4.90 Å². The summed E-state index contributed by atoms with van der Waals surface area (Å²) in [5, 5.41) is 1.88. The molecule has 0 atom stereocenters. The van der Waals surface area contributed by atoms with Gasteiger partial charge in [-0.25, -0.2) is 4.99 Å². The van der Waals surface area contributed by atoms with Gasteiger partial charge in [0.1, 0.15) is 0 Å². The Bertz CT molecular complexity index is 816. The number of amidine groups is 1. The molecule has 1 amide bonds. The first-order valence-electron chi connectivity index (χ1n) is 6.81. The van der Waals surface area contributed by atoms with E-state index in [2.05, 4.69) is 4.99 Å². The lowest BCUT2D eigenvalue weighted by molar-refractivity contribution is -0.121. The molecule has 3 rings (SSSR count). The van der Waals surface area contributed by atoms with Crippen LogP contribution in [0, 0.1) is 0 Å². The lowest BCUT2D eigenvalue weighted by Crippen LogP contribution is -2.23. The molecule has 2 aromatic carbocycles. The fourth-order valence-electron chi connectivity index (χ4n) is 2.01. The van der Waals surface area contributed by atoms with E-state index in [9.17, 15) is 4.79 Å². The molecule has 0 unspecified atom stereocenters. The molecule has 0 spiro atoms. The van der Waals surface area contributed by atoms with Crippen LogP contribution < -0.4 is 0 Å². The zero-order valence-electron chi connectivity index (χ0n) is 12.2. The third kappa shape index (κ3) is 3.61. The molecule has 116 valence electrons. The van der Waals surface area contributed by atoms with E-state index in [0.29, 0.717) is 20.1 Å². The average Bonchev–Trinajstić information content (AvgIpc) is 2.80. The fourth-order valence-corrected chi connectivity index (χ4v) is 3.31. The van der Waals surface area contributed by atoms with Crippen LogP contribution in [0.2, 0.25) is 10.0 Å². The molecule has 0 aliphatic carbocycles. The van der Waals surface area contributed by atoms with Crippen molar-refractivity contribution < 1.29 is 4.79 Å². The van der Waals surface area contributed by atoms with Crippen molar-refractivity contribution in [3.8, 4) is 0 Å². The molecule has 0 aromatic heterocycles. The molecular weight excluding hydrogens is 351 g/mol. The number of amides is 1. The molecule has 1 aliphatic heterocycles. The van der Waals surface area contributed by atoms with Crippen LogP contribution in [0.1, 0.15) is 5.56 Å². The van der Waals surface area contributed by atoms with Gasteiger partial charge in [-0.2, -0.15) is 0 Å². The topological polar surface area (TPSA) is 32.7 Å². The van der Waals surface area contributed by atoms with Crippen LogP contribution in [0.3, 0.4) is 0 Å².